The van der Waals surface area contributed by atoms with Crippen molar-refractivity contribution in [3.63, 3.8) is 0 Å². The highest BCUT2D eigenvalue weighted by Crippen LogP contribution is 2.19. The number of nitrogens with zero attached hydrogens (tertiary/aromatic N) is 2. The van der Waals surface area contributed by atoms with E-state index in [9.17, 15) is 13.2 Å². The van der Waals surface area contributed by atoms with E-state index in [-0.39, 0.29) is 36.0 Å². The molecule has 7 nitrogen and oxygen atoms in total. The molecule has 27 heavy (non-hydrogen) atoms. The fraction of sp³-hybridized carbons (Fsp3) is 0.579. The van der Waals surface area contributed by atoms with Crippen molar-refractivity contribution in [1.29, 1.82) is 0 Å². The predicted octanol–water partition coefficient (Wildman–Crippen LogP) is 2.11. The summed E-state index contributed by atoms with van der Waals surface area (Å²) >= 11 is 0. The standard InChI is InChI=1S/C19H28N2O5S/c1-4-25-18-7-5-16(6-8-18)11-20-26-13-19(22)21(12-15(2)3)17-9-10-27(23,24)14-17/h5-8,11,15,17H,4,9-10,12-14H2,1-3H3/b20-11-/t17-/m0/s1. The van der Waals surface area contributed by atoms with Crippen molar-refractivity contribution in [2.45, 2.75) is 33.2 Å². The van der Waals surface area contributed by atoms with Gasteiger partial charge in [0.2, 0.25) is 0 Å². The monoisotopic (exact) mass is 396 g/mol. The summed E-state index contributed by atoms with van der Waals surface area (Å²) in [5, 5.41) is 3.84. The van der Waals surface area contributed by atoms with E-state index in [0.29, 0.717) is 19.6 Å². The highest BCUT2D eigenvalue weighted by Gasteiger charge is 2.34. The SMILES string of the molecule is CCOc1ccc(/C=N\OCC(=O)N(CC(C)C)[C@H]2CCS(=O)(=O)C2)cc1. The number of ether oxygens (including phenoxy) is 1. The third kappa shape index (κ3) is 6.86. The minimum absolute atomic E-state index is 0.0287. The molecule has 8 heteroatoms. The molecular formula is C19H28N2O5S. The van der Waals surface area contributed by atoms with Crippen LogP contribution in [0.25, 0.3) is 0 Å². The number of carbonyl (C=O) groups excluding carboxylic acids is 1. The lowest BCUT2D eigenvalue weighted by Crippen LogP contribution is -2.44. The Balaban J connectivity index is 1.89. The fourth-order valence-corrected chi connectivity index (χ4v) is 4.69. The third-order valence-electron chi connectivity index (χ3n) is 4.19. The molecule has 150 valence electrons. The minimum Gasteiger partial charge on any atom is -0.494 e. The molecule has 1 saturated heterocycles. The topological polar surface area (TPSA) is 85.3 Å². The summed E-state index contributed by atoms with van der Waals surface area (Å²) in [5.74, 6) is 0.942. The van der Waals surface area contributed by atoms with Crippen molar-refractivity contribution >= 4 is 22.0 Å². The second-order valence-electron chi connectivity index (χ2n) is 7.01. The van der Waals surface area contributed by atoms with Crippen LogP contribution in [0.2, 0.25) is 0 Å². The molecule has 0 N–H and O–H groups in total. The van der Waals surface area contributed by atoms with Gasteiger partial charge in [0.15, 0.2) is 16.4 Å². The number of amides is 1. The zero-order valence-corrected chi connectivity index (χ0v) is 16.9. The van der Waals surface area contributed by atoms with Crippen molar-refractivity contribution < 1.29 is 22.8 Å². The summed E-state index contributed by atoms with van der Waals surface area (Å²) in [4.78, 5) is 19.3. The maximum atomic E-state index is 12.5. The van der Waals surface area contributed by atoms with Gasteiger partial charge < -0.3 is 14.5 Å². The van der Waals surface area contributed by atoms with Crippen LogP contribution in [0.15, 0.2) is 29.4 Å². The van der Waals surface area contributed by atoms with Gasteiger partial charge in [0.1, 0.15) is 5.75 Å². The smallest absolute Gasteiger partial charge is 0.263 e. The molecule has 1 amide bonds. The molecule has 1 fully saturated rings. The van der Waals surface area contributed by atoms with Gasteiger partial charge in [-0.05, 0) is 49.1 Å². The van der Waals surface area contributed by atoms with Crippen molar-refractivity contribution in [1.82, 2.24) is 4.90 Å². The van der Waals surface area contributed by atoms with E-state index in [1.807, 2.05) is 45.0 Å². The van der Waals surface area contributed by atoms with Crippen molar-refractivity contribution in [2.75, 3.05) is 31.3 Å². The molecule has 0 spiro atoms. The summed E-state index contributed by atoms with van der Waals surface area (Å²) in [6.45, 7) is 6.81. The van der Waals surface area contributed by atoms with Gasteiger partial charge in [-0.25, -0.2) is 8.42 Å². The van der Waals surface area contributed by atoms with Crippen molar-refractivity contribution in [3.8, 4) is 5.75 Å². The van der Waals surface area contributed by atoms with Gasteiger partial charge in [-0.3, -0.25) is 4.79 Å². The number of benzene rings is 1. The van der Waals surface area contributed by atoms with E-state index in [4.69, 9.17) is 9.57 Å². The lowest BCUT2D eigenvalue weighted by molar-refractivity contribution is -0.138. The minimum atomic E-state index is -3.05. The molecule has 0 bridgehead atoms. The Bertz CT molecular complexity index is 744. The van der Waals surface area contributed by atoms with Crippen LogP contribution in [0.5, 0.6) is 5.75 Å². The molecule has 1 aliphatic heterocycles. The van der Waals surface area contributed by atoms with Crippen LogP contribution >= 0.6 is 0 Å². The molecule has 1 aromatic carbocycles. The molecule has 0 aliphatic carbocycles. The van der Waals surface area contributed by atoms with E-state index in [1.54, 1.807) is 4.90 Å². The Morgan fingerprint density at radius 1 is 1.33 bits per heavy atom. The van der Waals surface area contributed by atoms with Crippen LogP contribution in [-0.4, -0.2) is 62.7 Å². The molecule has 0 unspecified atom stereocenters. The number of hydrogen-bond acceptors (Lipinski definition) is 6. The Kier molecular flexibility index (Phi) is 7.65. The largest absolute Gasteiger partial charge is 0.494 e. The molecule has 1 aliphatic rings. The zero-order chi connectivity index (χ0) is 19.9. The van der Waals surface area contributed by atoms with E-state index in [2.05, 4.69) is 5.16 Å². The van der Waals surface area contributed by atoms with Crippen molar-refractivity contribution in [3.05, 3.63) is 29.8 Å². The molecule has 1 aromatic rings. The normalized spacial score (nSPS) is 18.7. The number of oxime groups is 1. The number of carbonyl (C=O) groups is 1. The van der Waals surface area contributed by atoms with Gasteiger partial charge in [-0.1, -0.05) is 19.0 Å². The summed E-state index contributed by atoms with van der Waals surface area (Å²) in [7, 11) is -3.05. The van der Waals surface area contributed by atoms with Crippen LogP contribution in [0, 0.1) is 5.92 Å². The van der Waals surface area contributed by atoms with E-state index < -0.39 is 9.84 Å². The third-order valence-corrected chi connectivity index (χ3v) is 5.94. The Morgan fingerprint density at radius 3 is 2.59 bits per heavy atom. The van der Waals surface area contributed by atoms with Gasteiger partial charge in [0.05, 0.1) is 24.3 Å². The average Bonchev–Trinajstić information content (AvgIpc) is 2.97. The molecule has 0 radical (unpaired) electrons. The predicted molar refractivity (Wildman–Crippen MR) is 105 cm³/mol. The first-order valence-corrected chi connectivity index (χ1v) is 11.0. The summed E-state index contributed by atoms with van der Waals surface area (Å²) in [6.07, 6.45) is 2.01. The van der Waals surface area contributed by atoms with Crippen LogP contribution in [-0.2, 0) is 19.5 Å². The number of rotatable bonds is 9. The van der Waals surface area contributed by atoms with E-state index in [1.165, 1.54) is 6.21 Å². The van der Waals surface area contributed by atoms with Gasteiger partial charge in [0.25, 0.3) is 5.91 Å². The summed E-state index contributed by atoms with van der Waals surface area (Å²) in [6, 6.07) is 7.08. The first-order valence-electron chi connectivity index (χ1n) is 9.19. The van der Waals surface area contributed by atoms with Gasteiger partial charge in [0, 0.05) is 12.6 Å². The van der Waals surface area contributed by atoms with Crippen LogP contribution in [0.3, 0.4) is 0 Å². The molecule has 0 aromatic heterocycles. The quantitative estimate of drug-likeness (QED) is 0.471. The Labute approximate surface area is 161 Å². The van der Waals surface area contributed by atoms with Crippen LogP contribution in [0.1, 0.15) is 32.8 Å². The first-order chi connectivity index (χ1) is 12.8. The van der Waals surface area contributed by atoms with Gasteiger partial charge in [-0.15, -0.1) is 0 Å². The molecule has 1 heterocycles. The second kappa shape index (κ2) is 9.73. The number of hydrogen-bond donors (Lipinski definition) is 0. The van der Waals surface area contributed by atoms with Crippen molar-refractivity contribution in [2.24, 2.45) is 11.1 Å². The summed E-state index contributed by atoms with van der Waals surface area (Å²) in [5.41, 5.74) is 0.826. The Morgan fingerprint density at radius 2 is 2.04 bits per heavy atom. The molecular weight excluding hydrogens is 368 g/mol. The van der Waals surface area contributed by atoms with E-state index >= 15 is 0 Å². The molecule has 0 saturated carbocycles. The van der Waals surface area contributed by atoms with Gasteiger partial charge in [-0.2, -0.15) is 0 Å². The van der Waals surface area contributed by atoms with Crippen LogP contribution < -0.4 is 4.74 Å². The molecule has 1 atom stereocenters. The average molecular weight is 397 g/mol. The summed E-state index contributed by atoms with van der Waals surface area (Å²) < 4.78 is 28.8. The lowest BCUT2D eigenvalue weighted by Gasteiger charge is -2.29. The Hall–Kier alpha value is -2.09. The highest BCUT2D eigenvalue weighted by atomic mass is 32.2. The maximum Gasteiger partial charge on any atom is 0.263 e. The highest BCUT2D eigenvalue weighted by molar-refractivity contribution is 7.91. The second-order valence-corrected chi connectivity index (χ2v) is 9.24. The first kappa shape index (κ1) is 21.2. The van der Waals surface area contributed by atoms with Gasteiger partial charge >= 0.3 is 0 Å². The van der Waals surface area contributed by atoms with Crippen LogP contribution in [0.4, 0.5) is 0 Å². The molecule has 2 rings (SSSR count). The van der Waals surface area contributed by atoms with E-state index in [0.717, 1.165) is 11.3 Å². The maximum absolute atomic E-state index is 12.5. The fourth-order valence-electron chi connectivity index (χ4n) is 2.96. The zero-order valence-electron chi connectivity index (χ0n) is 16.1. The number of sulfone groups is 1. The lowest BCUT2D eigenvalue weighted by atomic mass is 10.1.